The molecule has 0 unspecified atom stereocenters. The van der Waals surface area contributed by atoms with Gasteiger partial charge < -0.3 is 10.6 Å². The third-order valence-corrected chi connectivity index (χ3v) is 4.27. The highest BCUT2D eigenvalue weighted by Gasteiger charge is 2.10. The fourth-order valence-corrected chi connectivity index (χ4v) is 2.82. The number of hydrogen-bond donors (Lipinski definition) is 2. The third-order valence-electron chi connectivity index (χ3n) is 3.60. The van der Waals surface area contributed by atoms with Crippen molar-refractivity contribution < 1.29 is 4.79 Å². The Kier molecular flexibility index (Phi) is 6.38. The molecule has 122 valence electrons. The molecule has 0 bridgehead atoms. The summed E-state index contributed by atoms with van der Waals surface area (Å²) in [5.41, 5.74) is 4.00. The number of carbonyl (C=O) groups excluding carboxylic acids is 1. The second-order valence-electron chi connectivity index (χ2n) is 5.39. The highest BCUT2D eigenvalue weighted by Crippen LogP contribution is 2.18. The van der Waals surface area contributed by atoms with Gasteiger partial charge in [-0.05, 0) is 71.3 Å². The molecule has 0 spiro atoms. The van der Waals surface area contributed by atoms with Gasteiger partial charge in [-0.15, -0.1) is 0 Å². The largest absolute Gasteiger partial charge is 0.386 e. The molecular weight excluding hydrogens is 413 g/mol. The number of amides is 1. The summed E-state index contributed by atoms with van der Waals surface area (Å²) in [4.78, 5) is 12.2. The number of anilines is 1. The lowest BCUT2D eigenvalue weighted by Gasteiger charge is -2.09. The van der Waals surface area contributed by atoms with Crippen molar-refractivity contribution in [3.05, 3.63) is 74.5 Å². The summed E-state index contributed by atoms with van der Waals surface area (Å²) < 4.78 is 1.10. The molecule has 24 heavy (non-hydrogen) atoms. The maximum Gasteiger partial charge on any atom is 0.267 e. The summed E-state index contributed by atoms with van der Waals surface area (Å²) in [6, 6.07) is 15.6. The van der Waals surface area contributed by atoms with Crippen LogP contribution in [-0.4, -0.2) is 5.91 Å². The van der Waals surface area contributed by atoms with Crippen LogP contribution in [0, 0.1) is 28.7 Å². The van der Waals surface area contributed by atoms with Crippen LogP contribution in [0.5, 0.6) is 0 Å². The lowest BCUT2D eigenvalue weighted by atomic mass is 10.1. The zero-order chi connectivity index (χ0) is 17.5. The van der Waals surface area contributed by atoms with E-state index in [9.17, 15) is 10.1 Å². The predicted octanol–water partition coefficient (Wildman–Crippen LogP) is 4.04. The normalized spacial score (nSPS) is 10.8. The van der Waals surface area contributed by atoms with E-state index in [4.69, 9.17) is 0 Å². The standard InChI is InChI=1S/C19H18IN3O/c1-13-5-3-4-6-15(13)11-22-12-16(10-21)19(24)23-18-8-7-17(20)9-14(18)2/h3-9,12,22H,11H2,1-2H3,(H,23,24)/b16-12-. The number of aryl methyl sites for hydroxylation is 2. The van der Waals surface area contributed by atoms with Crippen LogP contribution in [0.1, 0.15) is 16.7 Å². The maximum absolute atomic E-state index is 12.2. The zero-order valence-electron chi connectivity index (χ0n) is 13.6. The molecular formula is C19H18IN3O. The molecule has 0 aromatic heterocycles. The number of carbonyl (C=O) groups is 1. The van der Waals surface area contributed by atoms with E-state index < -0.39 is 5.91 Å². The summed E-state index contributed by atoms with van der Waals surface area (Å²) in [6.45, 7) is 4.51. The van der Waals surface area contributed by atoms with Gasteiger partial charge in [0, 0.05) is 22.0 Å². The second-order valence-corrected chi connectivity index (χ2v) is 6.64. The average Bonchev–Trinajstić information content (AvgIpc) is 2.55. The highest BCUT2D eigenvalue weighted by molar-refractivity contribution is 14.1. The Labute approximate surface area is 155 Å². The molecule has 0 radical (unpaired) electrons. The van der Waals surface area contributed by atoms with Gasteiger partial charge in [0.2, 0.25) is 0 Å². The SMILES string of the molecule is Cc1ccccc1CN/C=C(/C#N)C(=O)Nc1ccc(I)cc1C. The number of hydrogen-bond acceptors (Lipinski definition) is 3. The van der Waals surface area contributed by atoms with Crippen molar-refractivity contribution in [1.82, 2.24) is 5.32 Å². The fraction of sp³-hybridized carbons (Fsp3) is 0.158. The van der Waals surface area contributed by atoms with Gasteiger partial charge in [0.25, 0.3) is 5.91 Å². The van der Waals surface area contributed by atoms with Crippen LogP contribution in [0.2, 0.25) is 0 Å². The van der Waals surface area contributed by atoms with Gasteiger partial charge in [-0.1, -0.05) is 24.3 Å². The minimum absolute atomic E-state index is 0.0431. The Morgan fingerprint density at radius 3 is 2.62 bits per heavy atom. The van der Waals surface area contributed by atoms with Gasteiger partial charge in [0.1, 0.15) is 11.6 Å². The Morgan fingerprint density at radius 2 is 1.96 bits per heavy atom. The average molecular weight is 431 g/mol. The van der Waals surface area contributed by atoms with Crippen LogP contribution in [0.3, 0.4) is 0 Å². The Hall–Kier alpha value is -2.33. The van der Waals surface area contributed by atoms with E-state index in [2.05, 4.69) is 33.2 Å². The summed E-state index contributed by atoms with van der Waals surface area (Å²) in [5, 5.41) is 15.0. The molecule has 2 aromatic carbocycles. The summed E-state index contributed by atoms with van der Waals surface area (Å²) in [5.74, 6) is -0.418. The van der Waals surface area contributed by atoms with Crippen LogP contribution < -0.4 is 10.6 Å². The minimum Gasteiger partial charge on any atom is -0.386 e. The maximum atomic E-state index is 12.2. The van der Waals surface area contributed by atoms with E-state index in [-0.39, 0.29) is 5.57 Å². The summed E-state index contributed by atoms with van der Waals surface area (Å²) >= 11 is 2.22. The van der Waals surface area contributed by atoms with Crippen molar-refractivity contribution in [2.75, 3.05) is 5.32 Å². The number of halogens is 1. The lowest BCUT2D eigenvalue weighted by Crippen LogP contribution is -2.17. The van der Waals surface area contributed by atoms with Gasteiger partial charge in [0.05, 0.1) is 0 Å². The molecule has 1 amide bonds. The number of rotatable bonds is 5. The lowest BCUT2D eigenvalue weighted by molar-refractivity contribution is -0.112. The molecule has 0 atom stereocenters. The number of benzene rings is 2. The first-order valence-corrected chi connectivity index (χ1v) is 8.55. The van der Waals surface area contributed by atoms with Gasteiger partial charge in [-0.2, -0.15) is 5.26 Å². The Balaban J connectivity index is 2.03. The van der Waals surface area contributed by atoms with E-state index in [1.54, 1.807) is 0 Å². The van der Waals surface area contributed by atoms with E-state index in [0.717, 1.165) is 20.3 Å². The molecule has 5 heteroatoms. The molecule has 0 aliphatic heterocycles. The van der Waals surface area contributed by atoms with Gasteiger partial charge >= 0.3 is 0 Å². The molecule has 0 saturated carbocycles. The van der Waals surface area contributed by atoms with Crippen LogP contribution in [0.25, 0.3) is 0 Å². The van der Waals surface area contributed by atoms with E-state index >= 15 is 0 Å². The molecule has 2 N–H and O–H groups in total. The number of nitriles is 1. The first-order valence-electron chi connectivity index (χ1n) is 7.47. The van der Waals surface area contributed by atoms with Crippen LogP contribution in [-0.2, 0) is 11.3 Å². The van der Waals surface area contributed by atoms with Crippen LogP contribution in [0.4, 0.5) is 5.69 Å². The number of nitrogens with one attached hydrogen (secondary N) is 2. The van der Waals surface area contributed by atoms with Gasteiger partial charge in [-0.3, -0.25) is 4.79 Å². The quantitative estimate of drug-likeness (QED) is 0.427. The molecule has 2 aromatic rings. The molecule has 4 nitrogen and oxygen atoms in total. The monoisotopic (exact) mass is 431 g/mol. The minimum atomic E-state index is -0.418. The Bertz CT molecular complexity index is 822. The highest BCUT2D eigenvalue weighted by atomic mass is 127. The van der Waals surface area contributed by atoms with E-state index in [1.165, 1.54) is 6.20 Å². The fourth-order valence-electron chi connectivity index (χ4n) is 2.18. The second kappa shape index (κ2) is 8.50. The van der Waals surface area contributed by atoms with Crippen molar-refractivity contribution >= 4 is 34.2 Å². The first kappa shape index (κ1) is 18.0. The third kappa shape index (κ3) is 4.83. The van der Waals surface area contributed by atoms with Crippen molar-refractivity contribution in [2.24, 2.45) is 0 Å². The van der Waals surface area contributed by atoms with Crippen molar-refractivity contribution in [3.63, 3.8) is 0 Å². The smallest absolute Gasteiger partial charge is 0.267 e. The molecule has 0 fully saturated rings. The zero-order valence-corrected chi connectivity index (χ0v) is 15.7. The van der Waals surface area contributed by atoms with Gasteiger partial charge in [-0.25, -0.2) is 0 Å². The molecule has 0 aliphatic carbocycles. The van der Waals surface area contributed by atoms with Crippen molar-refractivity contribution in [2.45, 2.75) is 20.4 Å². The predicted molar refractivity (Wildman–Crippen MR) is 104 cm³/mol. The topological polar surface area (TPSA) is 64.9 Å². The summed E-state index contributed by atoms with van der Waals surface area (Å²) in [6.07, 6.45) is 1.46. The molecule has 0 saturated heterocycles. The van der Waals surface area contributed by atoms with Crippen LogP contribution in [0.15, 0.2) is 54.2 Å². The first-order chi connectivity index (χ1) is 11.5. The van der Waals surface area contributed by atoms with Crippen LogP contribution >= 0.6 is 22.6 Å². The summed E-state index contributed by atoms with van der Waals surface area (Å²) in [7, 11) is 0. The van der Waals surface area contributed by atoms with E-state index in [1.807, 2.05) is 62.4 Å². The number of nitrogens with zero attached hydrogens (tertiary/aromatic N) is 1. The molecule has 0 aliphatic rings. The molecule has 0 heterocycles. The van der Waals surface area contributed by atoms with Gasteiger partial charge in [0.15, 0.2) is 0 Å². The van der Waals surface area contributed by atoms with Crippen molar-refractivity contribution in [3.8, 4) is 6.07 Å². The molecule has 2 rings (SSSR count). The van der Waals surface area contributed by atoms with Crippen molar-refractivity contribution in [1.29, 1.82) is 5.26 Å². The van der Waals surface area contributed by atoms with E-state index in [0.29, 0.717) is 12.2 Å². The Morgan fingerprint density at radius 1 is 1.21 bits per heavy atom.